The second-order valence-electron chi connectivity index (χ2n) is 5.83. The number of carbonyl (C=O) groups is 1. The van der Waals surface area contributed by atoms with E-state index < -0.39 is 21.6 Å². The minimum atomic E-state index is -3.62. The minimum Gasteiger partial charge on any atom is -0.351 e. The molecule has 1 aromatic heterocycles. The molecular formula is C19H15ClFN3O3S. The molecule has 2 aromatic carbocycles. The van der Waals surface area contributed by atoms with Gasteiger partial charge in [0.25, 0.3) is 5.91 Å². The van der Waals surface area contributed by atoms with Crippen LogP contribution in [-0.4, -0.2) is 36.6 Å². The monoisotopic (exact) mass is 419 g/mol. The average Bonchev–Trinajstić information content (AvgIpc) is 2.69. The number of hydrogen-bond acceptors (Lipinski definition) is 5. The van der Waals surface area contributed by atoms with Gasteiger partial charge in [-0.05, 0) is 48.5 Å². The Morgan fingerprint density at radius 1 is 1.00 bits per heavy atom. The first-order chi connectivity index (χ1) is 13.3. The molecule has 0 atom stereocenters. The molecule has 0 bridgehead atoms. The van der Waals surface area contributed by atoms with Gasteiger partial charge in [0.2, 0.25) is 0 Å². The van der Waals surface area contributed by atoms with Crippen LogP contribution in [0.5, 0.6) is 0 Å². The number of halogens is 2. The van der Waals surface area contributed by atoms with Crippen molar-refractivity contribution in [3.63, 3.8) is 0 Å². The van der Waals surface area contributed by atoms with Gasteiger partial charge in [0.15, 0.2) is 15.7 Å². The number of benzene rings is 2. The Hall–Kier alpha value is -2.84. The second-order valence-corrected chi connectivity index (χ2v) is 8.38. The Bertz CT molecular complexity index is 1070. The van der Waals surface area contributed by atoms with Crippen molar-refractivity contribution in [3.8, 4) is 11.4 Å². The van der Waals surface area contributed by atoms with Crippen molar-refractivity contribution in [2.45, 2.75) is 4.90 Å². The van der Waals surface area contributed by atoms with Crippen LogP contribution < -0.4 is 5.32 Å². The largest absolute Gasteiger partial charge is 0.351 e. The molecule has 1 heterocycles. The van der Waals surface area contributed by atoms with E-state index in [1.165, 1.54) is 24.5 Å². The molecule has 9 heteroatoms. The highest BCUT2D eigenvalue weighted by Crippen LogP contribution is 2.17. The molecule has 3 aromatic rings. The highest BCUT2D eigenvalue weighted by Gasteiger charge is 2.15. The van der Waals surface area contributed by atoms with Crippen molar-refractivity contribution in [2.75, 3.05) is 12.3 Å². The lowest BCUT2D eigenvalue weighted by Crippen LogP contribution is -2.29. The second kappa shape index (κ2) is 8.45. The van der Waals surface area contributed by atoms with Crippen LogP contribution in [0, 0.1) is 5.82 Å². The zero-order valence-corrected chi connectivity index (χ0v) is 16.0. The summed E-state index contributed by atoms with van der Waals surface area (Å²) in [4.78, 5) is 20.4. The van der Waals surface area contributed by atoms with Crippen LogP contribution in [-0.2, 0) is 9.84 Å². The van der Waals surface area contributed by atoms with E-state index in [-0.39, 0.29) is 22.8 Å². The van der Waals surface area contributed by atoms with Gasteiger partial charge in [0.1, 0.15) is 5.82 Å². The van der Waals surface area contributed by atoms with Crippen LogP contribution in [0.4, 0.5) is 4.39 Å². The summed E-state index contributed by atoms with van der Waals surface area (Å²) in [6, 6.07) is 11.5. The number of carbonyl (C=O) groups excluding carboxylic acids is 1. The molecule has 1 N–H and O–H groups in total. The number of rotatable bonds is 6. The standard InChI is InChI=1S/C19H15ClFN3O3S/c20-15-3-1-13(2-4-15)18-23-11-14(12-24-18)19(25)22-9-10-28(26,27)17-7-5-16(21)6-8-17/h1-8,11-12H,9-10H2,(H,22,25). The van der Waals surface area contributed by atoms with E-state index in [2.05, 4.69) is 15.3 Å². The maximum Gasteiger partial charge on any atom is 0.254 e. The topological polar surface area (TPSA) is 89.0 Å². The Labute approximate surface area is 166 Å². The van der Waals surface area contributed by atoms with Crippen LogP contribution in [0.25, 0.3) is 11.4 Å². The van der Waals surface area contributed by atoms with E-state index in [1.807, 2.05) is 0 Å². The number of aromatic nitrogens is 2. The minimum absolute atomic E-state index is 0.00111. The van der Waals surface area contributed by atoms with Crippen molar-refractivity contribution in [3.05, 3.63) is 77.3 Å². The number of amides is 1. The van der Waals surface area contributed by atoms with Crippen LogP contribution in [0.2, 0.25) is 5.02 Å². The molecule has 0 spiro atoms. The van der Waals surface area contributed by atoms with E-state index in [9.17, 15) is 17.6 Å². The lowest BCUT2D eigenvalue weighted by Gasteiger charge is -2.07. The highest BCUT2D eigenvalue weighted by atomic mass is 35.5. The van der Waals surface area contributed by atoms with E-state index >= 15 is 0 Å². The first-order valence-electron chi connectivity index (χ1n) is 8.20. The first kappa shape index (κ1) is 19.9. The molecule has 0 unspecified atom stereocenters. The van der Waals surface area contributed by atoms with Crippen molar-refractivity contribution in [1.82, 2.24) is 15.3 Å². The maximum absolute atomic E-state index is 12.9. The summed E-state index contributed by atoms with van der Waals surface area (Å²) >= 11 is 5.84. The fraction of sp³-hybridized carbons (Fsp3) is 0.105. The third kappa shape index (κ3) is 4.90. The number of nitrogens with zero attached hydrogens (tertiary/aromatic N) is 2. The van der Waals surface area contributed by atoms with Gasteiger partial charge in [-0.3, -0.25) is 4.79 Å². The van der Waals surface area contributed by atoms with Crippen LogP contribution in [0.3, 0.4) is 0 Å². The molecule has 0 aliphatic heterocycles. The molecule has 0 fully saturated rings. The smallest absolute Gasteiger partial charge is 0.254 e. The normalized spacial score (nSPS) is 11.2. The summed E-state index contributed by atoms with van der Waals surface area (Å²) in [7, 11) is -3.62. The molecule has 144 valence electrons. The summed E-state index contributed by atoms with van der Waals surface area (Å²) in [5, 5.41) is 3.11. The summed E-state index contributed by atoms with van der Waals surface area (Å²) in [6.07, 6.45) is 2.72. The lowest BCUT2D eigenvalue weighted by molar-refractivity contribution is 0.0955. The van der Waals surface area contributed by atoms with Crippen LogP contribution in [0.15, 0.2) is 65.8 Å². The van der Waals surface area contributed by atoms with Crippen molar-refractivity contribution in [1.29, 1.82) is 0 Å². The molecule has 3 rings (SSSR count). The molecule has 6 nitrogen and oxygen atoms in total. The van der Waals surface area contributed by atoms with Gasteiger partial charge in [-0.2, -0.15) is 0 Å². The third-order valence-electron chi connectivity index (χ3n) is 3.85. The molecule has 0 saturated heterocycles. The van der Waals surface area contributed by atoms with Crippen molar-refractivity contribution < 1.29 is 17.6 Å². The molecule has 0 radical (unpaired) electrons. The van der Waals surface area contributed by atoms with E-state index in [4.69, 9.17) is 11.6 Å². The van der Waals surface area contributed by atoms with Gasteiger partial charge in [0, 0.05) is 29.5 Å². The quantitative estimate of drug-likeness (QED) is 0.620. The maximum atomic E-state index is 12.9. The predicted octanol–water partition coefficient (Wildman–Crippen LogP) is 3.14. The third-order valence-corrected chi connectivity index (χ3v) is 5.83. The number of nitrogens with one attached hydrogen (secondary N) is 1. The molecule has 0 aliphatic rings. The van der Waals surface area contributed by atoms with Crippen molar-refractivity contribution >= 4 is 27.3 Å². The molecule has 0 aliphatic carbocycles. The van der Waals surface area contributed by atoms with Crippen molar-refractivity contribution in [2.24, 2.45) is 0 Å². The van der Waals surface area contributed by atoms with Gasteiger partial charge in [-0.15, -0.1) is 0 Å². The number of sulfone groups is 1. The fourth-order valence-corrected chi connectivity index (χ4v) is 3.64. The zero-order chi connectivity index (χ0) is 20.1. The predicted molar refractivity (Wildman–Crippen MR) is 103 cm³/mol. The number of hydrogen-bond donors (Lipinski definition) is 1. The highest BCUT2D eigenvalue weighted by molar-refractivity contribution is 7.91. The zero-order valence-electron chi connectivity index (χ0n) is 14.5. The molecular weight excluding hydrogens is 405 g/mol. The summed E-state index contributed by atoms with van der Waals surface area (Å²) in [6.45, 7) is -0.0997. The van der Waals surface area contributed by atoms with Crippen LogP contribution >= 0.6 is 11.6 Å². The SMILES string of the molecule is O=C(NCCS(=O)(=O)c1ccc(F)cc1)c1cnc(-c2ccc(Cl)cc2)nc1. The van der Waals surface area contributed by atoms with E-state index in [0.29, 0.717) is 10.8 Å². The Morgan fingerprint density at radius 3 is 2.21 bits per heavy atom. The Balaban J connectivity index is 1.59. The lowest BCUT2D eigenvalue weighted by atomic mass is 10.2. The molecule has 0 saturated carbocycles. The summed E-state index contributed by atoms with van der Waals surface area (Å²) in [5.41, 5.74) is 0.957. The fourth-order valence-electron chi connectivity index (χ4n) is 2.35. The summed E-state index contributed by atoms with van der Waals surface area (Å²) < 4.78 is 37.3. The van der Waals surface area contributed by atoms with Crippen LogP contribution in [0.1, 0.15) is 10.4 Å². The Kier molecular flexibility index (Phi) is 6.01. The van der Waals surface area contributed by atoms with E-state index in [1.54, 1.807) is 24.3 Å². The first-order valence-corrected chi connectivity index (χ1v) is 10.2. The van der Waals surface area contributed by atoms with E-state index in [0.717, 1.165) is 17.7 Å². The van der Waals surface area contributed by atoms with Gasteiger partial charge >= 0.3 is 0 Å². The van der Waals surface area contributed by atoms with Gasteiger partial charge in [-0.1, -0.05) is 11.6 Å². The van der Waals surface area contributed by atoms with Gasteiger partial charge in [-0.25, -0.2) is 22.8 Å². The average molecular weight is 420 g/mol. The Morgan fingerprint density at radius 2 is 1.61 bits per heavy atom. The molecule has 28 heavy (non-hydrogen) atoms. The van der Waals surface area contributed by atoms with Gasteiger partial charge in [0.05, 0.1) is 16.2 Å². The summed E-state index contributed by atoms with van der Waals surface area (Å²) in [5.74, 6) is -0.882. The van der Waals surface area contributed by atoms with Gasteiger partial charge < -0.3 is 5.32 Å². The molecule has 1 amide bonds.